The summed E-state index contributed by atoms with van der Waals surface area (Å²) in [5.74, 6) is -0.535. The molecule has 0 aliphatic rings. The first-order chi connectivity index (χ1) is 7.69. The Labute approximate surface area is 106 Å². The van der Waals surface area contributed by atoms with E-state index in [1.807, 2.05) is 6.92 Å². The van der Waals surface area contributed by atoms with Crippen LogP contribution >= 0.6 is 12.4 Å². The minimum atomic E-state index is -0.322. The number of hydrogen-bond acceptors (Lipinski definition) is 3. The van der Waals surface area contributed by atoms with Crippen LogP contribution in [-0.2, 0) is 4.79 Å². The molecule has 0 fully saturated rings. The smallest absolute Gasteiger partial charge is 0.253 e. The van der Waals surface area contributed by atoms with Crippen LogP contribution in [0.1, 0.15) is 17.3 Å². The number of halogens is 1. The van der Waals surface area contributed by atoms with Crippen LogP contribution in [0.4, 0.5) is 5.69 Å². The van der Waals surface area contributed by atoms with Gasteiger partial charge in [0.1, 0.15) is 0 Å². The zero-order valence-electron chi connectivity index (χ0n) is 9.53. The van der Waals surface area contributed by atoms with Gasteiger partial charge in [0.25, 0.3) is 5.91 Å². The number of carbonyl (C=O) groups is 2. The molecule has 4 N–H and O–H groups in total. The van der Waals surface area contributed by atoms with Crippen molar-refractivity contribution in [1.82, 2.24) is 5.32 Å². The van der Waals surface area contributed by atoms with Crippen molar-refractivity contribution in [1.29, 1.82) is 0 Å². The fourth-order valence-corrected chi connectivity index (χ4v) is 1.25. The molecule has 0 atom stereocenters. The van der Waals surface area contributed by atoms with Crippen LogP contribution in [0.25, 0.3) is 0 Å². The van der Waals surface area contributed by atoms with Gasteiger partial charge in [-0.15, -0.1) is 12.4 Å². The van der Waals surface area contributed by atoms with Crippen molar-refractivity contribution in [3.63, 3.8) is 0 Å². The first kappa shape index (κ1) is 15.4. The molecule has 0 aliphatic carbocycles. The van der Waals surface area contributed by atoms with Gasteiger partial charge in [-0.2, -0.15) is 0 Å². The number of amides is 2. The summed E-state index contributed by atoms with van der Waals surface area (Å²) in [6.07, 6.45) is 0. The largest absolute Gasteiger partial charge is 0.352 e. The summed E-state index contributed by atoms with van der Waals surface area (Å²) in [6.45, 7) is 2.26. The zero-order valence-corrected chi connectivity index (χ0v) is 10.3. The van der Waals surface area contributed by atoms with Gasteiger partial charge in [0.2, 0.25) is 5.91 Å². The summed E-state index contributed by atoms with van der Waals surface area (Å²) in [5.41, 5.74) is 6.10. The first-order valence-corrected chi connectivity index (χ1v) is 5.06. The van der Waals surface area contributed by atoms with E-state index in [9.17, 15) is 9.59 Å². The Balaban J connectivity index is 0.00000256. The third-order valence-corrected chi connectivity index (χ3v) is 1.97. The van der Waals surface area contributed by atoms with Crippen molar-refractivity contribution in [2.45, 2.75) is 6.92 Å². The standard InChI is InChI=1S/C11H15N3O2.ClH/c1-2-13-11(16)8-5-3-4-6-9(8)14-10(15)7-12;/h3-6H,2,7,12H2,1H3,(H,13,16)(H,14,15);1H. The summed E-state index contributed by atoms with van der Waals surface area (Å²) in [5, 5.41) is 5.25. The Morgan fingerprint density at radius 1 is 1.29 bits per heavy atom. The van der Waals surface area contributed by atoms with Gasteiger partial charge in [-0.25, -0.2) is 0 Å². The van der Waals surface area contributed by atoms with Crippen LogP contribution < -0.4 is 16.4 Å². The lowest BCUT2D eigenvalue weighted by Gasteiger charge is -2.09. The Morgan fingerprint density at radius 3 is 2.53 bits per heavy atom. The predicted octanol–water partition coefficient (Wildman–Crippen LogP) is 0.755. The average Bonchev–Trinajstić information content (AvgIpc) is 2.30. The second-order valence-electron chi connectivity index (χ2n) is 3.16. The molecule has 0 aliphatic heterocycles. The third-order valence-electron chi connectivity index (χ3n) is 1.97. The molecule has 0 saturated carbocycles. The van der Waals surface area contributed by atoms with E-state index >= 15 is 0 Å². The lowest BCUT2D eigenvalue weighted by atomic mass is 10.1. The van der Waals surface area contributed by atoms with E-state index in [0.29, 0.717) is 17.8 Å². The molecular formula is C11H16ClN3O2. The summed E-state index contributed by atoms with van der Waals surface area (Å²) in [6, 6.07) is 6.80. The molecule has 0 saturated heterocycles. The molecule has 5 nitrogen and oxygen atoms in total. The Bertz CT molecular complexity index is 396. The molecule has 0 bridgehead atoms. The number of para-hydroxylation sites is 1. The number of anilines is 1. The highest BCUT2D eigenvalue weighted by Crippen LogP contribution is 2.14. The van der Waals surface area contributed by atoms with Gasteiger partial charge in [-0.1, -0.05) is 12.1 Å². The number of hydrogen-bond donors (Lipinski definition) is 3. The third kappa shape index (κ3) is 4.42. The Kier molecular flexibility index (Phi) is 6.93. The highest BCUT2D eigenvalue weighted by Gasteiger charge is 2.10. The molecule has 0 aromatic heterocycles. The summed E-state index contributed by atoms with van der Waals surface area (Å²) < 4.78 is 0. The van der Waals surface area contributed by atoms with Gasteiger partial charge in [-0.05, 0) is 19.1 Å². The number of rotatable bonds is 4. The van der Waals surface area contributed by atoms with E-state index in [1.54, 1.807) is 24.3 Å². The van der Waals surface area contributed by atoms with Crippen molar-refractivity contribution in [2.24, 2.45) is 5.73 Å². The van der Waals surface area contributed by atoms with E-state index in [0.717, 1.165) is 0 Å². The lowest BCUT2D eigenvalue weighted by molar-refractivity contribution is -0.114. The van der Waals surface area contributed by atoms with Crippen LogP contribution in [0.5, 0.6) is 0 Å². The number of carbonyl (C=O) groups excluding carboxylic acids is 2. The van der Waals surface area contributed by atoms with Crippen molar-refractivity contribution in [2.75, 3.05) is 18.4 Å². The van der Waals surface area contributed by atoms with Gasteiger partial charge in [0, 0.05) is 6.54 Å². The molecule has 2 amide bonds. The fraction of sp³-hybridized carbons (Fsp3) is 0.273. The molecule has 94 valence electrons. The van der Waals surface area contributed by atoms with Crippen LogP contribution in [0.3, 0.4) is 0 Å². The van der Waals surface area contributed by atoms with Crippen LogP contribution in [-0.4, -0.2) is 24.9 Å². The first-order valence-electron chi connectivity index (χ1n) is 5.06. The van der Waals surface area contributed by atoms with Gasteiger partial charge in [-0.3, -0.25) is 9.59 Å². The summed E-state index contributed by atoms with van der Waals surface area (Å²) in [4.78, 5) is 22.8. The quantitative estimate of drug-likeness (QED) is 0.744. The maximum absolute atomic E-state index is 11.6. The van der Waals surface area contributed by atoms with E-state index in [2.05, 4.69) is 10.6 Å². The van der Waals surface area contributed by atoms with Crippen LogP contribution in [0, 0.1) is 0 Å². The van der Waals surface area contributed by atoms with E-state index in [1.165, 1.54) is 0 Å². The molecule has 17 heavy (non-hydrogen) atoms. The van der Waals surface area contributed by atoms with Gasteiger partial charge < -0.3 is 16.4 Å². The van der Waals surface area contributed by atoms with Gasteiger partial charge >= 0.3 is 0 Å². The normalized spacial score (nSPS) is 9.06. The molecule has 1 aromatic rings. The summed E-state index contributed by atoms with van der Waals surface area (Å²) >= 11 is 0. The Morgan fingerprint density at radius 2 is 1.94 bits per heavy atom. The minimum Gasteiger partial charge on any atom is -0.352 e. The average molecular weight is 258 g/mol. The van der Waals surface area contributed by atoms with Gasteiger partial charge in [0.05, 0.1) is 17.8 Å². The highest BCUT2D eigenvalue weighted by atomic mass is 35.5. The fourth-order valence-electron chi connectivity index (χ4n) is 1.25. The van der Waals surface area contributed by atoms with Crippen molar-refractivity contribution < 1.29 is 9.59 Å². The van der Waals surface area contributed by atoms with E-state index in [-0.39, 0.29) is 30.8 Å². The molecule has 1 aromatic carbocycles. The maximum atomic E-state index is 11.6. The number of nitrogens with two attached hydrogens (primary N) is 1. The van der Waals surface area contributed by atoms with E-state index < -0.39 is 0 Å². The van der Waals surface area contributed by atoms with Gasteiger partial charge in [0.15, 0.2) is 0 Å². The van der Waals surface area contributed by atoms with Crippen LogP contribution in [0.15, 0.2) is 24.3 Å². The molecule has 0 heterocycles. The molecule has 0 unspecified atom stereocenters. The second-order valence-corrected chi connectivity index (χ2v) is 3.16. The highest BCUT2D eigenvalue weighted by molar-refractivity contribution is 6.04. The molecule has 0 radical (unpaired) electrons. The molecule has 6 heteroatoms. The molecule has 1 rings (SSSR count). The summed E-state index contributed by atoms with van der Waals surface area (Å²) in [7, 11) is 0. The monoisotopic (exact) mass is 257 g/mol. The topological polar surface area (TPSA) is 84.2 Å². The Hall–Kier alpha value is -1.59. The number of nitrogens with one attached hydrogen (secondary N) is 2. The zero-order chi connectivity index (χ0) is 12.0. The number of benzene rings is 1. The van der Waals surface area contributed by atoms with Crippen LogP contribution in [0.2, 0.25) is 0 Å². The van der Waals surface area contributed by atoms with E-state index in [4.69, 9.17) is 5.73 Å². The minimum absolute atomic E-state index is 0. The molecular weight excluding hydrogens is 242 g/mol. The lowest BCUT2D eigenvalue weighted by Crippen LogP contribution is -2.26. The molecule has 0 spiro atoms. The van der Waals surface area contributed by atoms with Crippen molar-refractivity contribution >= 4 is 29.9 Å². The van der Waals surface area contributed by atoms with Crippen molar-refractivity contribution in [3.05, 3.63) is 29.8 Å². The second kappa shape index (κ2) is 7.65. The SMILES string of the molecule is CCNC(=O)c1ccccc1NC(=O)CN.Cl. The van der Waals surface area contributed by atoms with Crippen molar-refractivity contribution in [3.8, 4) is 0 Å². The maximum Gasteiger partial charge on any atom is 0.253 e. The predicted molar refractivity (Wildman–Crippen MR) is 69.4 cm³/mol.